The van der Waals surface area contributed by atoms with E-state index in [-0.39, 0.29) is 18.6 Å². The molecule has 0 saturated carbocycles. The molecule has 0 unspecified atom stereocenters. The monoisotopic (exact) mass is 390 g/mol. The lowest BCUT2D eigenvalue weighted by atomic mass is 10.2. The summed E-state index contributed by atoms with van der Waals surface area (Å²) in [5.74, 6) is 0. The number of aryl methyl sites for hydroxylation is 1. The Morgan fingerprint density at radius 2 is 1.88 bits per heavy atom. The summed E-state index contributed by atoms with van der Waals surface area (Å²) in [6.07, 6.45) is 1.07. The van der Waals surface area contributed by atoms with Gasteiger partial charge in [-0.1, -0.05) is 30.3 Å². The van der Waals surface area contributed by atoms with Gasteiger partial charge in [0.15, 0.2) is 0 Å². The Labute approximate surface area is 155 Å². The average molecular weight is 390 g/mol. The molecule has 1 aromatic carbocycles. The molecule has 2 heterocycles. The van der Waals surface area contributed by atoms with Crippen LogP contribution in [0, 0.1) is 6.92 Å². The summed E-state index contributed by atoms with van der Waals surface area (Å²) >= 11 is 1.51. The Kier molecular flexibility index (Phi) is 5.30. The summed E-state index contributed by atoms with van der Waals surface area (Å²) in [6.45, 7) is 2.16. The molecule has 136 valence electrons. The second kappa shape index (κ2) is 7.48. The van der Waals surface area contributed by atoms with E-state index in [1.165, 1.54) is 22.1 Å². The smallest absolute Gasteiger partial charge is 0.266 e. The van der Waals surface area contributed by atoms with Gasteiger partial charge in [0.2, 0.25) is 10.0 Å². The fraction of sp³-hybridized carbons (Fsp3) is 0.235. The van der Waals surface area contributed by atoms with E-state index >= 15 is 0 Å². The zero-order valence-corrected chi connectivity index (χ0v) is 16.0. The van der Waals surface area contributed by atoms with Crippen molar-refractivity contribution >= 4 is 21.4 Å². The van der Waals surface area contributed by atoms with Crippen LogP contribution in [0.3, 0.4) is 0 Å². The molecule has 0 bridgehead atoms. The van der Waals surface area contributed by atoms with Crippen molar-refractivity contribution in [2.45, 2.75) is 13.5 Å². The maximum atomic E-state index is 12.0. The van der Waals surface area contributed by atoms with Crippen molar-refractivity contribution < 1.29 is 8.42 Å². The second-order valence-electron chi connectivity index (χ2n) is 5.75. The van der Waals surface area contributed by atoms with E-state index in [1.54, 1.807) is 6.07 Å². The van der Waals surface area contributed by atoms with E-state index in [2.05, 4.69) is 14.8 Å². The van der Waals surface area contributed by atoms with E-state index in [9.17, 15) is 13.2 Å². The van der Waals surface area contributed by atoms with Crippen LogP contribution < -0.4 is 10.3 Å². The minimum Gasteiger partial charge on any atom is -0.268 e. The number of thiazole rings is 1. The molecule has 9 heteroatoms. The summed E-state index contributed by atoms with van der Waals surface area (Å²) in [6, 6.07) is 13.0. The van der Waals surface area contributed by atoms with Crippen LogP contribution in [0.1, 0.15) is 5.69 Å². The maximum Gasteiger partial charge on any atom is 0.266 e. The normalized spacial score (nSPS) is 11.6. The van der Waals surface area contributed by atoms with Gasteiger partial charge < -0.3 is 0 Å². The summed E-state index contributed by atoms with van der Waals surface area (Å²) in [5.41, 5.74) is 2.22. The Bertz CT molecular complexity index is 1070. The third-order valence-corrected chi connectivity index (χ3v) is 5.56. The summed E-state index contributed by atoms with van der Waals surface area (Å²) < 4.78 is 25.9. The fourth-order valence-corrected chi connectivity index (χ4v) is 3.90. The molecule has 2 aromatic heterocycles. The van der Waals surface area contributed by atoms with Gasteiger partial charge in [0.25, 0.3) is 5.56 Å². The highest BCUT2D eigenvalue weighted by molar-refractivity contribution is 7.88. The van der Waals surface area contributed by atoms with Crippen LogP contribution >= 0.6 is 11.3 Å². The molecule has 0 fully saturated rings. The Balaban J connectivity index is 1.89. The van der Waals surface area contributed by atoms with Crippen molar-refractivity contribution in [3.05, 3.63) is 58.5 Å². The van der Waals surface area contributed by atoms with Gasteiger partial charge in [-0.25, -0.2) is 22.8 Å². The molecular formula is C17H18N4O3S2. The molecule has 0 aliphatic rings. The summed E-state index contributed by atoms with van der Waals surface area (Å²) in [5, 5.41) is 5.26. The first kappa shape index (κ1) is 18.4. The van der Waals surface area contributed by atoms with Gasteiger partial charge in [-0.05, 0) is 13.0 Å². The van der Waals surface area contributed by atoms with Gasteiger partial charge in [0.05, 0.1) is 23.4 Å². The number of sulfonamides is 1. The van der Waals surface area contributed by atoms with Gasteiger partial charge in [-0.15, -0.1) is 11.3 Å². The van der Waals surface area contributed by atoms with Gasteiger partial charge in [0, 0.05) is 18.2 Å². The number of hydrogen-bond acceptors (Lipinski definition) is 6. The Morgan fingerprint density at radius 1 is 1.15 bits per heavy atom. The highest BCUT2D eigenvalue weighted by Crippen LogP contribution is 2.33. The third-order valence-electron chi connectivity index (χ3n) is 3.60. The van der Waals surface area contributed by atoms with Crippen LogP contribution in [0.5, 0.6) is 0 Å². The topological polar surface area (TPSA) is 94.0 Å². The van der Waals surface area contributed by atoms with Crippen molar-refractivity contribution in [1.29, 1.82) is 0 Å². The van der Waals surface area contributed by atoms with E-state index in [4.69, 9.17) is 0 Å². The lowest BCUT2D eigenvalue weighted by Gasteiger charge is -2.06. The number of nitrogens with zero attached hydrogens (tertiary/aromatic N) is 3. The molecule has 3 rings (SSSR count). The molecule has 0 aliphatic carbocycles. The summed E-state index contributed by atoms with van der Waals surface area (Å²) in [7, 11) is -3.30. The van der Waals surface area contributed by atoms with E-state index < -0.39 is 10.0 Å². The zero-order chi connectivity index (χ0) is 18.7. The largest absolute Gasteiger partial charge is 0.268 e. The highest BCUT2D eigenvalue weighted by Gasteiger charge is 2.13. The standard InChI is InChI=1S/C17H18N4O3S2/c1-12-16(25-17(19-12)13-6-4-3-5-7-13)14-8-9-15(22)21(20-14)11-10-18-26(2,23)24/h3-9,18H,10-11H2,1-2H3. The fourth-order valence-electron chi connectivity index (χ4n) is 2.41. The number of nitrogens with one attached hydrogen (secondary N) is 1. The molecule has 0 radical (unpaired) electrons. The van der Waals surface area contributed by atoms with Crippen molar-refractivity contribution in [3.8, 4) is 21.1 Å². The van der Waals surface area contributed by atoms with E-state index in [1.807, 2.05) is 37.3 Å². The Morgan fingerprint density at radius 3 is 2.58 bits per heavy atom. The minimum atomic E-state index is -3.30. The predicted molar refractivity (Wildman–Crippen MR) is 103 cm³/mol. The molecule has 0 amide bonds. The molecular weight excluding hydrogens is 372 g/mol. The molecule has 3 aromatic rings. The van der Waals surface area contributed by atoms with Gasteiger partial charge in [0.1, 0.15) is 10.7 Å². The number of hydrogen-bond donors (Lipinski definition) is 1. The van der Waals surface area contributed by atoms with E-state index in [0.717, 1.165) is 27.4 Å². The Hall–Kier alpha value is -2.36. The molecule has 0 spiro atoms. The van der Waals surface area contributed by atoms with Crippen molar-refractivity contribution in [2.75, 3.05) is 12.8 Å². The first-order valence-corrected chi connectivity index (χ1v) is 10.6. The van der Waals surface area contributed by atoms with Crippen LogP contribution in [0.15, 0.2) is 47.3 Å². The molecule has 0 aliphatic heterocycles. The summed E-state index contributed by atoms with van der Waals surface area (Å²) in [4.78, 5) is 17.5. The molecule has 1 N–H and O–H groups in total. The molecule has 7 nitrogen and oxygen atoms in total. The molecule has 26 heavy (non-hydrogen) atoms. The quantitative estimate of drug-likeness (QED) is 0.694. The third kappa shape index (κ3) is 4.43. The lowest BCUT2D eigenvalue weighted by molar-refractivity contribution is 0.552. The van der Waals surface area contributed by atoms with E-state index in [0.29, 0.717) is 5.69 Å². The first-order valence-electron chi connectivity index (χ1n) is 7.89. The lowest BCUT2D eigenvalue weighted by Crippen LogP contribution is -2.31. The number of benzene rings is 1. The second-order valence-corrected chi connectivity index (χ2v) is 8.58. The van der Waals surface area contributed by atoms with Gasteiger partial charge in [-0.3, -0.25) is 4.79 Å². The zero-order valence-electron chi connectivity index (χ0n) is 14.3. The van der Waals surface area contributed by atoms with Crippen LogP contribution in [-0.4, -0.2) is 36.0 Å². The number of rotatable bonds is 6. The SMILES string of the molecule is Cc1nc(-c2ccccc2)sc1-c1ccc(=O)n(CCNS(C)(=O)=O)n1. The average Bonchev–Trinajstić information content (AvgIpc) is 2.98. The minimum absolute atomic E-state index is 0.103. The van der Waals surface area contributed by atoms with Crippen molar-refractivity contribution in [1.82, 2.24) is 19.5 Å². The van der Waals surface area contributed by atoms with Gasteiger partial charge >= 0.3 is 0 Å². The van der Waals surface area contributed by atoms with Crippen LogP contribution in [-0.2, 0) is 16.6 Å². The van der Waals surface area contributed by atoms with Crippen LogP contribution in [0.25, 0.3) is 21.1 Å². The van der Waals surface area contributed by atoms with Crippen molar-refractivity contribution in [3.63, 3.8) is 0 Å². The number of aromatic nitrogens is 3. The van der Waals surface area contributed by atoms with Crippen molar-refractivity contribution in [2.24, 2.45) is 0 Å². The molecule has 0 saturated heterocycles. The maximum absolute atomic E-state index is 12.0. The first-order chi connectivity index (χ1) is 12.3. The van der Waals surface area contributed by atoms with Crippen LogP contribution in [0.4, 0.5) is 0 Å². The predicted octanol–water partition coefficient (Wildman–Crippen LogP) is 1.89. The highest BCUT2D eigenvalue weighted by atomic mass is 32.2. The molecule has 0 atom stereocenters. The van der Waals surface area contributed by atoms with Gasteiger partial charge in [-0.2, -0.15) is 5.10 Å². The van der Waals surface area contributed by atoms with Crippen LogP contribution in [0.2, 0.25) is 0 Å².